The van der Waals surface area contributed by atoms with Gasteiger partial charge in [-0.3, -0.25) is 9.80 Å². The van der Waals surface area contributed by atoms with E-state index in [2.05, 4.69) is 35.1 Å². The predicted molar refractivity (Wildman–Crippen MR) is 111 cm³/mol. The lowest BCUT2D eigenvalue weighted by molar-refractivity contribution is -0.117. The molecule has 0 saturated heterocycles. The standard InChI is InChI=1S/C20H21BrClN3O/c1-3-20(2)13-25(24-19(20)14-4-8-16(22)9-5-14)12-18(26)23-17-10-6-15(21)7-11-17/h4-11H,3,12-13H2,1-2H3,(H,23,26). The van der Waals surface area contributed by atoms with Crippen LogP contribution in [0.1, 0.15) is 25.8 Å². The van der Waals surface area contributed by atoms with E-state index in [1.807, 2.05) is 53.5 Å². The van der Waals surface area contributed by atoms with E-state index in [9.17, 15) is 4.79 Å². The van der Waals surface area contributed by atoms with Gasteiger partial charge >= 0.3 is 0 Å². The molecule has 0 spiro atoms. The van der Waals surface area contributed by atoms with Gasteiger partial charge < -0.3 is 5.32 Å². The molecule has 4 nitrogen and oxygen atoms in total. The van der Waals surface area contributed by atoms with Crippen molar-refractivity contribution in [1.29, 1.82) is 0 Å². The van der Waals surface area contributed by atoms with E-state index in [4.69, 9.17) is 16.7 Å². The highest BCUT2D eigenvalue weighted by atomic mass is 79.9. The Morgan fingerprint density at radius 2 is 1.88 bits per heavy atom. The van der Waals surface area contributed by atoms with Crippen LogP contribution in [-0.4, -0.2) is 29.7 Å². The molecule has 1 aliphatic heterocycles. The van der Waals surface area contributed by atoms with E-state index in [0.717, 1.165) is 34.4 Å². The number of hydrogen-bond acceptors (Lipinski definition) is 3. The number of benzene rings is 2. The molecule has 1 unspecified atom stereocenters. The van der Waals surface area contributed by atoms with Crippen LogP contribution in [0.4, 0.5) is 5.69 Å². The monoisotopic (exact) mass is 433 g/mol. The Kier molecular flexibility index (Phi) is 5.68. The first-order valence-electron chi connectivity index (χ1n) is 8.55. The summed E-state index contributed by atoms with van der Waals surface area (Å²) in [6.07, 6.45) is 0.944. The van der Waals surface area contributed by atoms with Crippen LogP contribution in [0.5, 0.6) is 0 Å². The van der Waals surface area contributed by atoms with Crippen LogP contribution in [-0.2, 0) is 4.79 Å². The van der Waals surface area contributed by atoms with Gasteiger partial charge in [-0.15, -0.1) is 0 Å². The molecule has 1 amide bonds. The van der Waals surface area contributed by atoms with Gasteiger partial charge in [0, 0.05) is 27.1 Å². The summed E-state index contributed by atoms with van der Waals surface area (Å²) in [5.41, 5.74) is 2.74. The first-order chi connectivity index (χ1) is 12.4. The summed E-state index contributed by atoms with van der Waals surface area (Å²) < 4.78 is 0.978. The zero-order chi connectivity index (χ0) is 18.7. The number of nitrogens with zero attached hydrogens (tertiary/aromatic N) is 2. The second-order valence-electron chi connectivity index (χ2n) is 6.75. The minimum absolute atomic E-state index is 0.0770. The second-order valence-corrected chi connectivity index (χ2v) is 8.10. The van der Waals surface area contributed by atoms with Crippen LogP contribution >= 0.6 is 27.5 Å². The molecule has 0 radical (unpaired) electrons. The van der Waals surface area contributed by atoms with Gasteiger partial charge in [-0.05, 0) is 48.4 Å². The van der Waals surface area contributed by atoms with Crippen molar-refractivity contribution in [2.24, 2.45) is 10.5 Å². The Morgan fingerprint density at radius 3 is 2.50 bits per heavy atom. The van der Waals surface area contributed by atoms with Crippen LogP contribution in [0.2, 0.25) is 5.02 Å². The summed E-state index contributed by atoms with van der Waals surface area (Å²) in [4.78, 5) is 12.4. The van der Waals surface area contributed by atoms with Crippen LogP contribution < -0.4 is 5.32 Å². The highest BCUT2D eigenvalue weighted by Crippen LogP contribution is 2.34. The van der Waals surface area contributed by atoms with Crippen LogP contribution in [0, 0.1) is 5.41 Å². The fraction of sp³-hybridized carbons (Fsp3) is 0.300. The molecule has 1 heterocycles. The molecular formula is C20H21BrClN3O. The zero-order valence-corrected chi connectivity index (χ0v) is 17.1. The molecule has 6 heteroatoms. The van der Waals surface area contributed by atoms with E-state index >= 15 is 0 Å². The lowest BCUT2D eigenvalue weighted by atomic mass is 9.80. The quantitative estimate of drug-likeness (QED) is 0.705. The number of anilines is 1. The third-order valence-electron chi connectivity index (χ3n) is 4.70. The highest BCUT2D eigenvalue weighted by Gasteiger charge is 2.38. The molecule has 1 atom stereocenters. The van der Waals surface area contributed by atoms with Crippen molar-refractivity contribution >= 4 is 44.8 Å². The van der Waals surface area contributed by atoms with Crippen LogP contribution in [0.15, 0.2) is 58.1 Å². The second kappa shape index (κ2) is 7.80. The Morgan fingerprint density at radius 1 is 1.23 bits per heavy atom. The van der Waals surface area contributed by atoms with Crippen LogP contribution in [0.3, 0.4) is 0 Å². The third-order valence-corrected chi connectivity index (χ3v) is 5.48. The number of carbonyl (C=O) groups is 1. The molecule has 2 aromatic carbocycles. The minimum atomic E-state index is -0.0915. The van der Waals surface area contributed by atoms with Crippen LogP contribution in [0.25, 0.3) is 0 Å². The number of halogens is 2. The van der Waals surface area contributed by atoms with Gasteiger partial charge in [0.2, 0.25) is 5.91 Å². The summed E-state index contributed by atoms with van der Waals surface area (Å²) in [6, 6.07) is 15.2. The average molecular weight is 435 g/mol. The third kappa shape index (κ3) is 4.27. The summed E-state index contributed by atoms with van der Waals surface area (Å²) in [5.74, 6) is -0.0770. The fourth-order valence-corrected chi connectivity index (χ4v) is 3.45. The number of hydrazone groups is 1. The van der Waals surface area contributed by atoms with Gasteiger partial charge in [0.1, 0.15) is 6.54 Å². The lowest BCUT2D eigenvalue weighted by Crippen LogP contribution is -2.34. The van der Waals surface area contributed by atoms with Crippen molar-refractivity contribution in [3.05, 3.63) is 63.6 Å². The maximum atomic E-state index is 12.4. The molecule has 136 valence electrons. The predicted octanol–water partition coefficient (Wildman–Crippen LogP) is 5.18. The zero-order valence-electron chi connectivity index (χ0n) is 14.8. The topological polar surface area (TPSA) is 44.7 Å². The Hall–Kier alpha value is -1.85. The van der Waals surface area contributed by atoms with E-state index in [0.29, 0.717) is 5.02 Å². The van der Waals surface area contributed by atoms with Crippen molar-refractivity contribution < 1.29 is 4.79 Å². The average Bonchev–Trinajstić information content (AvgIpc) is 2.94. The first-order valence-corrected chi connectivity index (χ1v) is 9.72. The van der Waals surface area contributed by atoms with Crippen molar-refractivity contribution in [2.75, 3.05) is 18.4 Å². The molecule has 1 aliphatic rings. The first kappa shape index (κ1) is 18.9. The van der Waals surface area contributed by atoms with Crippen molar-refractivity contribution in [3.8, 4) is 0 Å². The molecule has 3 rings (SSSR count). The number of carbonyl (C=O) groups excluding carboxylic acids is 1. The number of hydrogen-bond donors (Lipinski definition) is 1. The highest BCUT2D eigenvalue weighted by molar-refractivity contribution is 9.10. The largest absolute Gasteiger partial charge is 0.324 e. The lowest BCUT2D eigenvalue weighted by Gasteiger charge is -2.25. The Labute approximate surface area is 167 Å². The molecule has 2 aromatic rings. The van der Waals surface area contributed by atoms with Crippen molar-refractivity contribution in [1.82, 2.24) is 5.01 Å². The molecule has 0 aromatic heterocycles. The molecule has 0 fully saturated rings. The maximum Gasteiger partial charge on any atom is 0.245 e. The van der Waals surface area contributed by atoms with Gasteiger partial charge in [0.05, 0.1) is 5.71 Å². The molecule has 0 aliphatic carbocycles. The summed E-state index contributed by atoms with van der Waals surface area (Å²) in [6.45, 7) is 5.28. The van der Waals surface area contributed by atoms with Crippen molar-refractivity contribution in [2.45, 2.75) is 20.3 Å². The van der Waals surface area contributed by atoms with Gasteiger partial charge in [0.15, 0.2) is 0 Å². The normalized spacial score (nSPS) is 19.4. The molecule has 1 N–H and O–H groups in total. The Balaban J connectivity index is 1.73. The molecule has 0 saturated carbocycles. The molecule has 26 heavy (non-hydrogen) atoms. The Bertz CT molecular complexity index is 820. The number of amides is 1. The van der Waals surface area contributed by atoms with Gasteiger partial charge in [-0.25, -0.2) is 0 Å². The number of nitrogens with one attached hydrogen (secondary N) is 1. The molecule has 0 bridgehead atoms. The summed E-state index contributed by atoms with van der Waals surface area (Å²) in [5, 5.41) is 10.2. The SMILES string of the molecule is CCC1(C)CN(CC(=O)Nc2ccc(Br)cc2)N=C1c1ccc(Cl)cc1. The van der Waals surface area contributed by atoms with Crippen molar-refractivity contribution in [3.63, 3.8) is 0 Å². The van der Waals surface area contributed by atoms with Gasteiger partial charge in [0.25, 0.3) is 0 Å². The minimum Gasteiger partial charge on any atom is -0.324 e. The van der Waals surface area contributed by atoms with Gasteiger partial charge in [-0.2, -0.15) is 5.10 Å². The van der Waals surface area contributed by atoms with E-state index < -0.39 is 0 Å². The number of rotatable bonds is 5. The summed E-state index contributed by atoms with van der Waals surface area (Å²) in [7, 11) is 0. The maximum absolute atomic E-state index is 12.4. The van der Waals surface area contributed by atoms with E-state index in [-0.39, 0.29) is 17.9 Å². The summed E-state index contributed by atoms with van der Waals surface area (Å²) >= 11 is 9.39. The molecular weight excluding hydrogens is 414 g/mol. The van der Waals surface area contributed by atoms with Gasteiger partial charge in [-0.1, -0.05) is 53.5 Å². The smallest absolute Gasteiger partial charge is 0.245 e. The van der Waals surface area contributed by atoms with E-state index in [1.54, 1.807) is 0 Å². The van der Waals surface area contributed by atoms with E-state index in [1.165, 1.54) is 0 Å². The fourth-order valence-electron chi connectivity index (χ4n) is 3.06.